The maximum Gasteiger partial charge on any atom is 0.335 e. The van der Waals surface area contributed by atoms with Gasteiger partial charge < -0.3 is 9.67 Å². The van der Waals surface area contributed by atoms with Crippen molar-refractivity contribution in [3.8, 4) is 0 Å². The predicted molar refractivity (Wildman–Crippen MR) is 61.2 cm³/mol. The number of fused-ring (bicyclic) bond motifs is 1. The molecule has 2 rings (SSSR count). The van der Waals surface area contributed by atoms with Gasteiger partial charge >= 0.3 is 5.97 Å². The van der Waals surface area contributed by atoms with Crippen LogP contribution in [0.5, 0.6) is 0 Å². The Kier molecular flexibility index (Phi) is 3.29. The van der Waals surface area contributed by atoms with Gasteiger partial charge in [-0.3, -0.25) is 4.79 Å². The molecular weight excluding hydrogens is 232 g/mol. The second kappa shape index (κ2) is 4.32. The fourth-order valence-corrected chi connectivity index (χ4v) is 1.34. The van der Waals surface area contributed by atoms with Crippen molar-refractivity contribution in [2.45, 2.75) is 0 Å². The number of benzene rings is 1. The summed E-state index contributed by atoms with van der Waals surface area (Å²) < 4.78 is 1.35. The van der Waals surface area contributed by atoms with E-state index in [1.165, 1.54) is 29.1 Å². The molecule has 0 spiro atoms. The van der Waals surface area contributed by atoms with E-state index in [2.05, 4.69) is 4.98 Å². The summed E-state index contributed by atoms with van der Waals surface area (Å²) in [6, 6.07) is 4.26. The topological polar surface area (TPSA) is 72.2 Å². The number of aromatic nitrogens is 2. The van der Waals surface area contributed by atoms with Gasteiger partial charge in [0.25, 0.3) is 5.56 Å². The Morgan fingerprint density at radius 2 is 2.12 bits per heavy atom. The minimum atomic E-state index is -1.03. The molecule has 1 N–H and O–H groups in total. The molecule has 0 atom stereocenters. The van der Waals surface area contributed by atoms with Crippen LogP contribution >= 0.6 is 12.4 Å². The van der Waals surface area contributed by atoms with Crippen LogP contribution in [-0.2, 0) is 7.05 Å². The van der Waals surface area contributed by atoms with Crippen LogP contribution in [0.1, 0.15) is 10.4 Å². The fraction of sp³-hybridized carbons (Fsp3) is 0.100. The highest BCUT2D eigenvalue weighted by Gasteiger charge is 2.06. The first-order valence-electron chi connectivity index (χ1n) is 4.28. The molecule has 0 radical (unpaired) electrons. The Labute approximate surface area is 96.8 Å². The highest BCUT2D eigenvalue weighted by molar-refractivity contribution is 5.92. The van der Waals surface area contributed by atoms with E-state index in [0.717, 1.165) is 0 Å². The SMILES string of the molecule is Cl.Cn1cnc2cc(C(=O)O)ccc2c1=O. The number of carboxylic acids is 1. The minimum absolute atomic E-state index is 0. The maximum atomic E-state index is 11.6. The third kappa shape index (κ3) is 1.90. The van der Waals surface area contributed by atoms with Gasteiger partial charge in [0.15, 0.2) is 0 Å². The summed E-state index contributed by atoms with van der Waals surface area (Å²) in [6.45, 7) is 0. The lowest BCUT2D eigenvalue weighted by atomic mass is 10.1. The number of hydrogen-bond donors (Lipinski definition) is 1. The molecule has 0 unspecified atom stereocenters. The molecule has 1 aromatic heterocycles. The van der Waals surface area contributed by atoms with Crippen molar-refractivity contribution < 1.29 is 9.90 Å². The standard InChI is InChI=1S/C10H8N2O3.ClH/c1-12-5-11-8-4-6(10(14)15)2-3-7(8)9(12)13;/h2-5H,1H3,(H,14,15);1H. The Balaban J connectivity index is 0.00000128. The van der Waals surface area contributed by atoms with Gasteiger partial charge in [0.1, 0.15) is 0 Å². The molecule has 0 bridgehead atoms. The lowest BCUT2D eigenvalue weighted by Gasteiger charge is -2.00. The molecule has 0 aliphatic rings. The van der Waals surface area contributed by atoms with Gasteiger partial charge in [-0.05, 0) is 18.2 Å². The molecule has 0 saturated heterocycles. The number of carboxylic acid groups (broad SMARTS) is 1. The molecular formula is C10H9ClN2O3. The van der Waals surface area contributed by atoms with Crippen molar-refractivity contribution in [2.75, 3.05) is 0 Å². The quantitative estimate of drug-likeness (QED) is 0.809. The summed E-state index contributed by atoms with van der Waals surface area (Å²) in [7, 11) is 1.60. The van der Waals surface area contributed by atoms with Crippen LogP contribution in [0.25, 0.3) is 10.9 Å². The van der Waals surface area contributed by atoms with E-state index in [9.17, 15) is 9.59 Å². The zero-order valence-electron chi connectivity index (χ0n) is 8.38. The number of aromatic carboxylic acids is 1. The van der Waals surface area contributed by atoms with Crippen LogP contribution in [0.2, 0.25) is 0 Å². The lowest BCUT2D eigenvalue weighted by molar-refractivity contribution is 0.0697. The first-order chi connectivity index (χ1) is 7.09. The average Bonchev–Trinajstić information content (AvgIpc) is 2.23. The number of hydrogen-bond acceptors (Lipinski definition) is 3. The third-order valence-corrected chi connectivity index (χ3v) is 2.17. The van der Waals surface area contributed by atoms with Crippen LogP contribution in [0.15, 0.2) is 29.3 Å². The van der Waals surface area contributed by atoms with E-state index in [-0.39, 0.29) is 23.5 Å². The first kappa shape index (κ1) is 12.2. The molecule has 84 valence electrons. The summed E-state index contributed by atoms with van der Waals surface area (Å²) in [4.78, 5) is 26.3. The van der Waals surface area contributed by atoms with Crippen molar-refractivity contribution in [1.82, 2.24) is 9.55 Å². The second-order valence-corrected chi connectivity index (χ2v) is 3.20. The fourth-order valence-electron chi connectivity index (χ4n) is 1.34. The molecule has 0 amide bonds. The van der Waals surface area contributed by atoms with Crippen LogP contribution in [0, 0.1) is 0 Å². The van der Waals surface area contributed by atoms with Crippen molar-refractivity contribution in [2.24, 2.45) is 7.05 Å². The molecule has 2 aromatic rings. The molecule has 0 aliphatic carbocycles. The highest BCUT2D eigenvalue weighted by Crippen LogP contribution is 2.09. The molecule has 16 heavy (non-hydrogen) atoms. The number of nitrogens with zero attached hydrogens (tertiary/aromatic N) is 2. The third-order valence-electron chi connectivity index (χ3n) is 2.17. The summed E-state index contributed by atoms with van der Waals surface area (Å²) in [5.74, 6) is -1.03. The van der Waals surface area contributed by atoms with Crippen molar-refractivity contribution in [1.29, 1.82) is 0 Å². The van der Waals surface area contributed by atoms with Crippen molar-refractivity contribution in [3.63, 3.8) is 0 Å². The zero-order chi connectivity index (χ0) is 11.0. The lowest BCUT2D eigenvalue weighted by Crippen LogP contribution is -2.17. The second-order valence-electron chi connectivity index (χ2n) is 3.20. The van der Waals surface area contributed by atoms with Gasteiger partial charge in [-0.15, -0.1) is 12.4 Å². The van der Waals surface area contributed by atoms with Gasteiger partial charge in [-0.1, -0.05) is 0 Å². The molecule has 1 aromatic carbocycles. The van der Waals surface area contributed by atoms with Crippen LogP contribution in [0.3, 0.4) is 0 Å². The Hall–Kier alpha value is -1.88. The molecule has 1 heterocycles. The van der Waals surface area contributed by atoms with E-state index in [0.29, 0.717) is 10.9 Å². The zero-order valence-corrected chi connectivity index (χ0v) is 9.19. The van der Waals surface area contributed by atoms with Gasteiger partial charge in [0, 0.05) is 7.05 Å². The molecule has 0 aliphatic heterocycles. The average molecular weight is 241 g/mol. The van der Waals surface area contributed by atoms with E-state index < -0.39 is 5.97 Å². The normalized spacial score (nSPS) is 9.81. The van der Waals surface area contributed by atoms with E-state index in [4.69, 9.17) is 5.11 Å². The van der Waals surface area contributed by atoms with Crippen LogP contribution in [0.4, 0.5) is 0 Å². The predicted octanol–water partition coefficient (Wildman–Crippen LogP) is 1.05. The van der Waals surface area contributed by atoms with Crippen molar-refractivity contribution in [3.05, 3.63) is 40.4 Å². The summed E-state index contributed by atoms with van der Waals surface area (Å²) >= 11 is 0. The van der Waals surface area contributed by atoms with E-state index in [1.54, 1.807) is 7.05 Å². The summed E-state index contributed by atoms with van der Waals surface area (Å²) in [6.07, 6.45) is 1.37. The van der Waals surface area contributed by atoms with Gasteiger partial charge in [-0.25, -0.2) is 9.78 Å². The number of aryl methyl sites for hydroxylation is 1. The first-order valence-corrected chi connectivity index (χ1v) is 4.28. The molecule has 6 heteroatoms. The monoisotopic (exact) mass is 240 g/mol. The van der Waals surface area contributed by atoms with Gasteiger partial charge in [0.05, 0.1) is 22.8 Å². The number of halogens is 1. The van der Waals surface area contributed by atoms with E-state index in [1.807, 2.05) is 0 Å². The van der Waals surface area contributed by atoms with Crippen molar-refractivity contribution >= 4 is 29.3 Å². The summed E-state index contributed by atoms with van der Waals surface area (Å²) in [5, 5.41) is 9.18. The maximum absolute atomic E-state index is 11.6. The number of rotatable bonds is 1. The molecule has 5 nitrogen and oxygen atoms in total. The smallest absolute Gasteiger partial charge is 0.335 e. The van der Waals surface area contributed by atoms with Gasteiger partial charge in [0.2, 0.25) is 0 Å². The van der Waals surface area contributed by atoms with E-state index >= 15 is 0 Å². The largest absolute Gasteiger partial charge is 0.478 e. The van der Waals surface area contributed by atoms with Crippen LogP contribution < -0.4 is 5.56 Å². The summed E-state index contributed by atoms with van der Waals surface area (Å²) in [5.41, 5.74) is 0.346. The Bertz CT molecular complexity index is 607. The van der Waals surface area contributed by atoms with Crippen LogP contribution in [-0.4, -0.2) is 20.6 Å². The highest BCUT2D eigenvalue weighted by atomic mass is 35.5. The molecule has 0 saturated carbocycles. The number of carbonyl (C=O) groups is 1. The minimum Gasteiger partial charge on any atom is -0.478 e. The van der Waals surface area contributed by atoms with Gasteiger partial charge in [-0.2, -0.15) is 0 Å². The molecule has 0 fully saturated rings. The Morgan fingerprint density at radius 3 is 2.75 bits per heavy atom. The Morgan fingerprint density at radius 1 is 1.44 bits per heavy atom.